The van der Waals surface area contributed by atoms with Crippen molar-refractivity contribution >= 4 is 66.5 Å². The van der Waals surface area contributed by atoms with Crippen LogP contribution in [0.2, 0.25) is 10.0 Å². The van der Waals surface area contributed by atoms with Crippen LogP contribution in [0.3, 0.4) is 0 Å². The lowest BCUT2D eigenvalue weighted by atomic mass is 10.3. The van der Waals surface area contributed by atoms with Gasteiger partial charge in [0, 0.05) is 17.1 Å². The summed E-state index contributed by atoms with van der Waals surface area (Å²) >= 11 is 12.4. The summed E-state index contributed by atoms with van der Waals surface area (Å²) in [5.41, 5.74) is 1.46. The molecule has 0 saturated carbocycles. The van der Waals surface area contributed by atoms with E-state index in [0.717, 1.165) is 4.31 Å². The van der Waals surface area contributed by atoms with Crippen molar-refractivity contribution in [3.05, 3.63) is 100 Å². The van der Waals surface area contributed by atoms with E-state index in [4.69, 9.17) is 23.2 Å². The van der Waals surface area contributed by atoms with E-state index < -0.39 is 32.5 Å². The second-order valence-corrected chi connectivity index (χ2v) is 12.9. The molecule has 0 fully saturated rings. The van der Waals surface area contributed by atoms with Gasteiger partial charge in [0.05, 0.1) is 25.5 Å². The Morgan fingerprint density at radius 1 is 0.825 bits per heavy atom. The molecule has 14 heteroatoms. The van der Waals surface area contributed by atoms with Crippen LogP contribution in [0.1, 0.15) is 11.4 Å². The summed E-state index contributed by atoms with van der Waals surface area (Å²) in [7, 11) is -8.22. The first kappa shape index (κ1) is 29.3. The van der Waals surface area contributed by atoms with Gasteiger partial charge in [0.1, 0.15) is 6.54 Å². The number of halogens is 2. The van der Waals surface area contributed by atoms with E-state index in [0.29, 0.717) is 11.4 Å². The number of anilines is 3. The predicted octanol–water partition coefficient (Wildman–Crippen LogP) is 5.04. The molecule has 0 atom stereocenters. The van der Waals surface area contributed by atoms with Gasteiger partial charge in [0.2, 0.25) is 11.9 Å². The van der Waals surface area contributed by atoms with Gasteiger partial charge in [-0.05, 0) is 68.4 Å². The van der Waals surface area contributed by atoms with E-state index in [2.05, 4.69) is 20.0 Å². The van der Waals surface area contributed by atoms with Crippen LogP contribution in [0.4, 0.5) is 17.3 Å². The molecule has 0 radical (unpaired) electrons. The van der Waals surface area contributed by atoms with Crippen molar-refractivity contribution in [2.75, 3.05) is 20.9 Å². The molecule has 0 aliphatic rings. The van der Waals surface area contributed by atoms with Crippen molar-refractivity contribution in [2.45, 2.75) is 23.6 Å². The minimum Gasteiger partial charge on any atom is -0.325 e. The number of rotatable bonds is 9. The molecule has 0 aliphatic heterocycles. The Morgan fingerprint density at radius 3 is 2.08 bits per heavy atom. The van der Waals surface area contributed by atoms with Gasteiger partial charge in [-0.25, -0.2) is 31.5 Å². The Bertz CT molecular complexity index is 1750. The smallest absolute Gasteiger partial charge is 0.264 e. The molecule has 0 bridgehead atoms. The summed E-state index contributed by atoms with van der Waals surface area (Å²) in [6.45, 7) is 2.80. The molecule has 3 aromatic carbocycles. The van der Waals surface area contributed by atoms with Crippen LogP contribution >= 0.6 is 23.2 Å². The van der Waals surface area contributed by atoms with E-state index >= 15 is 0 Å². The Hall–Kier alpha value is -3.71. The minimum absolute atomic E-state index is 0.0225. The Kier molecular flexibility index (Phi) is 8.64. The van der Waals surface area contributed by atoms with Gasteiger partial charge in [0.25, 0.3) is 20.0 Å². The van der Waals surface area contributed by atoms with Crippen molar-refractivity contribution < 1.29 is 21.6 Å². The monoisotopic (exact) mass is 619 g/mol. The third kappa shape index (κ3) is 6.70. The van der Waals surface area contributed by atoms with Crippen LogP contribution in [0, 0.1) is 13.8 Å². The quantitative estimate of drug-likeness (QED) is 0.268. The number of benzene rings is 3. The van der Waals surface area contributed by atoms with Crippen molar-refractivity contribution in [2.24, 2.45) is 0 Å². The number of nitrogens with zero attached hydrogens (tertiary/aromatic N) is 3. The molecule has 208 valence electrons. The Balaban J connectivity index is 1.55. The van der Waals surface area contributed by atoms with Gasteiger partial charge in [-0.2, -0.15) is 0 Å². The van der Waals surface area contributed by atoms with Crippen LogP contribution < -0.4 is 14.3 Å². The zero-order valence-electron chi connectivity index (χ0n) is 21.2. The molecule has 0 unspecified atom stereocenters. The second-order valence-electron chi connectivity index (χ2n) is 8.55. The second kappa shape index (κ2) is 11.8. The minimum atomic E-state index is -4.21. The maximum absolute atomic E-state index is 13.5. The largest absolute Gasteiger partial charge is 0.325 e. The molecule has 0 aliphatic carbocycles. The molecular formula is C26H23Cl2N5O5S2. The number of carbonyl (C=O) groups is 1. The van der Waals surface area contributed by atoms with Crippen molar-refractivity contribution in [1.82, 2.24) is 9.97 Å². The van der Waals surface area contributed by atoms with Gasteiger partial charge in [-0.15, -0.1) is 0 Å². The summed E-state index contributed by atoms with van der Waals surface area (Å²) in [6, 6.07) is 19.1. The highest BCUT2D eigenvalue weighted by Gasteiger charge is 2.29. The first-order chi connectivity index (χ1) is 18.9. The van der Waals surface area contributed by atoms with Gasteiger partial charge >= 0.3 is 0 Å². The van der Waals surface area contributed by atoms with Gasteiger partial charge in [-0.1, -0.05) is 47.5 Å². The Morgan fingerprint density at radius 2 is 1.45 bits per heavy atom. The zero-order valence-corrected chi connectivity index (χ0v) is 24.3. The molecule has 1 aromatic heterocycles. The van der Waals surface area contributed by atoms with Crippen LogP contribution in [0.25, 0.3) is 0 Å². The standard InChI is InChI=1S/C26H23Cl2N5O5S2/c1-17-15-18(2)30-26(29-17)32-39(35,36)20-13-11-19(12-14-20)31-24(34)16-33(23-10-6-9-22(27)25(23)28)40(37,38)21-7-4-3-5-8-21/h3-15H,16H2,1-2H3,(H,31,34)(H,29,30,32). The van der Waals surface area contributed by atoms with Crippen LogP contribution in [0.15, 0.2) is 88.7 Å². The number of sulfonamides is 2. The van der Waals surface area contributed by atoms with E-state index in [1.807, 2.05) is 0 Å². The highest BCUT2D eigenvalue weighted by molar-refractivity contribution is 7.93. The molecular weight excluding hydrogens is 597 g/mol. The van der Waals surface area contributed by atoms with Gasteiger partial charge < -0.3 is 5.32 Å². The summed E-state index contributed by atoms with van der Waals surface area (Å²) < 4.78 is 55.8. The summed E-state index contributed by atoms with van der Waals surface area (Å²) in [5.74, 6) is -0.762. The first-order valence-corrected chi connectivity index (χ1v) is 15.3. The van der Waals surface area contributed by atoms with E-state index in [1.165, 1.54) is 54.6 Å². The zero-order chi connectivity index (χ0) is 29.1. The fraction of sp³-hybridized carbons (Fsp3) is 0.115. The van der Waals surface area contributed by atoms with Crippen LogP contribution in [-0.2, 0) is 24.8 Å². The third-order valence-electron chi connectivity index (χ3n) is 5.47. The molecule has 40 heavy (non-hydrogen) atoms. The molecule has 0 spiro atoms. The topological polar surface area (TPSA) is 138 Å². The summed E-state index contributed by atoms with van der Waals surface area (Å²) in [5, 5.41) is 2.66. The van der Waals surface area contributed by atoms with Crippen molar-refractivity contribution in [3.63, 3.8) is 0 Å². The van der Waals surface area contributed by atoms with Crippen LogP contribution in [0.5, 0.6) is 0 Å². The normalized spacial score (nSPS) is 11.6. The maximum Gasteiger partial charge on any atom is 0.264 e. The van der Waals surface area contributed by atoms with Crippen molar-refractivity contribution in [1.29, 1.82) is 0 Å². The Labute approximate surface area is 242 Å². The summed E-state index contributed by atoms with van der Waals surface area (Å²) in [4.78, 5) is 21.0. The van der Waals surface area contributed by atoms with E-state index in [9.17, 15) is 21.6 Å². The lowest BCUT2D eigenvalue weighted by Gasteiger charge is -2.25. The molecule has 2 N–H and O–H groups in total. The third-order valence-corrected chi connectivity index (χ3v) is 9.40. The average molecular weight is 621 g/mol. The molecule has 0 saturated heterocycles. The average Bonchev–Trinajstić information content (AvgIpc) is 2.89. The molecule has 1 amide bonds. The van der Waals surface area contributed by atoms with Crippen molar-refractivity contribution in [3.8, 4) is 0 Å². The van der Waals surface area contributed by atoms with Gasteiger partial charge in [-0.3, -0.25) is 9.10 Å². The SMILES string of the molecule is Cc1cc(C)nc(NS(=O)(=O)c2ccc(NC(=O)CN(c3cccc(Cl)c3Cl)S(=O)(=O)c3ccccc3)cc2)n1. The van der Waals surface area contributed by atoms with E-state index in [-0.39, 0.29) is 37.2 Å². The van der Waals surface area contributed by atoms with E-state index in [1.54, 1.807) is 38.1 Å². The molecule has 1 heterocycles. The molecule has 10 nitrogen and oxygen atoms in total. The van der Waals surface area contributed by atoms with Crippen LogP contribution in [-0.4, -0.2) is 39.3 Å². The molecule has 4 rings (SSSR count). The predicted molar refractivity (Wildman–Crippen MR) is 155 cm³/mol. The molecule has 4 aromatic rings. The number of amides is 1. The first-order valence-electron chi connectivity index (χ1n) is 11.6. The van der Waals surface area contributed by atoms with Gasteiger partial charge in [0.15, 0.2) is 0 Å². The number of aromatic nitrogens is 2. The number of hydrogen-bond donors (Lipinski definition) is 2. The number of carbonyl (C=O) groups excluding carboxylic acids is 1. The number of aryl methyl sites for hydroxylation is 2. The lowest BCUT2D eigenvalue weighted by Crippen LogP contribution is -2.38. The summed E-state index contributed by atoms with van der Waals surface area (Å²) in [6.07, 6.45) is 0. The lowest BCUT2D eigenvalue weighted by molar-refractivity contribution is -0.114. The maximum atomic E-state index is 13.5. The highest BCUT2D eigenvalue weighted by atomic mass is 35.5. The number of hydrogen-bond acceptors (Lipinski definition) is 7. The number of nitrogens with one attached hydrogen (secondary N) is 2. The fourth-order valence-electron chi connectivity index (χ4n) is 3.70. The highest BCUT2D eigenvalue weighted by Crippen LogP contribution is 2.35. The fourth-order valence-corrected chi connectivity index (χ4v) is 6.55.